The summed E-state index contributed by atoms with van der Waals surface area (Å²) in [7, 11) is 0. The summed E-state index contributed by atoms with van der Waals surface area (Å²) < 4.78 is 20.4. The highest BCUT2D eigenvalue weighted by atomic mass is 19.1. The molecule has 4 rings (SSSR count). The number of hydrogen-bond donors (Lipinski definition) is 1. The Kier molecular flexibility index (Phi) is 3.23. The van der Waals surface area contributed by atoms with Crippen molar-refractivity contribution in [1.29, 1.82) is 0 Å². The number of ether oxygens (including phenoxy) is 1. The van der Waals surface area contributed by atoms with Crippen LogP contribution in [0.5, 0.6) is 0 Å². The van der Waals surface area contributed by atoms with Crippen molar-refractivity contribution in [3.63, 3.8) is 0 Å². The van der Waals surface area contributed by atoms with Gasteiger partial charge in [0.05, 0.1) is 18.9 Å². The normalized spacial score (nSPS) is 26.1. The van der Waals surface area contributed by atoms with Crippen molar-refractivity contribution in [2.75, 3.05) is 31.6 Å². The lowest BCUT2D eigenvalue weighted by Gasteiger charge is -2.35. The maximum absolute atomic E-state index is 13.1. The van der Waals surface area contributed by atoms with E-state index in [1.807, 2.05) is 0 Å². The standard InChI is InChI=1S/C14H18FN5O/c15-10-3-4-13-17-14(18-20(13)7-10)16-6-12-8-19-5-1-2-11(19)9-21-12/h3-4,7,11-12H,1-2,5-6,8-9H2,(H,16,18). The summed E-state index contributed by atoms with van der Waals surface area (Å²) in [5.41, 5.74) is 0.628. The number of nitrogens with zero attached hydrogens (tertiary/aromatic N) is 4. The van der Waals surface area contributed by atoms with Crippen molar-refractivity contribution < 1.29 is 9.13 Å². The molecule has 2 aliphatic rings. The molecule has 0 bridgehead atoms. The first-order valence-corrected chi connectivity index (χ1v) is 7.39. The third-order valence-electron chi connectivity index (χ3n) is 4.24. The van der Waals surface area contributed by atoms with Gasteiger partial charge in [0.15, 0.2) is 5.65 Å². The van der Waals surface area contributed by atoms with E-state index in [9.17, 15) is 4.39 Å². The van der Waals surface area contributed by atoms with Crippen LogP contribution in [0.3, 0.4) is 0 Å². The van der Waals surface area contributed by atoms with Crippen molar-refractivity contribution >= 4 is 11.6 Å². The summed E-state index contributed by atoms with van der Waals surface area (Å²) in [6.45, 7) is 3.62. The van der Waals surface area contributed by atoms with Crippen LogP contribution in [0.15, 0.2) is 18.3 Å². The molecule has 0 saturated carbocycles. The smallest absolute Gasteiger partial charge is 0.243 e. The van der Waals surface area contributed by atoms with Crippen molar-refractivity contribution in [3.8, 4) is 0 Å². The molecule has 2 unspecified atom stereocenters. The largest absolute Gasteiger partial charge is 0.373 e. The van der Waals surface area contributed by atoms with Gasteiger partial charge in [-0.15, -0.1) is 5.10 Å². The van der Waals surface area contributed by atoms with Crippen LogP contribution in [0.2, 0.25) is 0 Å². The lowest BCUT2D eigenvalue weighted by Crippen LogP contribution is -2.48. The van der Waals surface area contributed by atoms with Crippen LogP contribution >= 0.6 is 0 Å². The molecule has 0 amide bonds. The van der Waals surface area contributed by atoms with Gasteiger partial charge in [-0.05, 0) is 31.5 Å². The summed E-state index contributed by atoms with van der Waals surface area (Å²) in [6, 6.07) is 3.60. The molecule has 0 aliphatic carbocycles. The maximum Gasteiger partial charge on any atom is 0.243 e. The van der Waals surface area contributed by atoms with Crippen molar-refractivity contribution in [3.05, 3.63) is 24.1 Å². The summed E-state index contributed by atoms with van der Waals surface area (Å²) in [4.78, 5) is 6.81. The van der Waals surface area contributed by atoms with E-state index in [1.165, 1.54) is 36.2 Å². The molecule has 1 N–H and O–H groups in total. The Bertz CT molecular complexity index is 645. The first-order chi connectivity index (χ1) is 10.3. The second kappa shape index (κ2) is 5.23. The van der Waals surface area contributed by atoms with Crippen LogP contribution in [-0.4, -0.2) is 57.9 Å². The van der Waals surface area contributed by atoms with Crippen LogP contribution in [0, 0.1) is 5.82 Å². The summed E-state index contributed by atoms with van der Waals surface area (Å²) in [5, 5.41) is 7.40. The van der Waals surface area contributed by atoms with E-state index in [1.54, 1.807) is 6.07 Å². The Balaban J connectivity index is 1.39. The van der Waals surface area contributed by atoms with Gasteiger partial charge < -0.3 is 10.1 Å². The maximum atomic E-state index is 13.1. The number of anilines is 1. The van der Waals surface area contributed by atoms with Crippen molar-refractivity contribution in [1.82, 2.24) is 19.5 Å². The van der Waals surface area contributed by atoms with E-state index in [4.69, 9.17) is 4.74 Å². The highest BCUT2D eigenvalue weighted by Gasteiger charge is 2.32. The van der Waals surface area contributed by atoms with Gasteiger partial charge in [-0.2, -0.15) is 4.98 Å². The van der Waals surface area contributed by atoms with Gasteiger partial charge in [0.25, 0.3) is 0 Å². The average Bonchev–Trinajstić information content (AvgIpc) is 3.09. The van der Waals surface area contributed by atoms with Crippen LogP contribution < -0.4 is 5.32 Å². The zero-order chi connectivity index (χ0) is 14.2. The van der Waals surface area contributed by atoms with Crippen molar-refractivity contribution in [2.24, 2.45) is 0 Å². The van der Waals surface area contributed by atoms with E-state index in [0.29, 0.717) is 24.2 Å². The molecule has 0 spiro atoms. The molecule has 2 saturated heterocycles. The lowest BCUT2D eigenvalue weighted by molar-refractivity contribution is -0.0416. The highest BCUT2D eigenvalue weighted by molar-refractivity contribution is 5.43. The highest BCUT2D eigenvalue weighted by Crippen LogP contribution is 2.22. The summed E-state index contributed by atoms with van der Waals surface area (Å²) in [5.74, 6) is 0.183. The predicted octanol–water partition coefficient (Wildman–Crippen LogP) is 1.14. The lowest BCUT2D eigenvalue weighted by atomic mass is 10.2. The molecule has 6 nitrogen and oxygen atoms in total. The quantitative estimate of drug-likeness (QED) is 0.919. The van der Waals surface area contributed by atoms with E-state index in [0.717, 1.165) is 13.2 Å². The number of halogens is 1. The van der Waals surface area contributed by atoms with Crippen LogP contribution in [0.4, 0.5) is 10.3 Å². The number of aromatic nitrogens is 3. The summed E-state index contributed by atoms with van der Waals surface area (Å²) >= 11 is 0. The van der Waals surface area contributed by atoms with Gasteiger partial charge in [0.1, 0.15) is 5.82 Å². The Morgan fingerprint density at radius 2 is 2.38 bits per heavy atom. The second-order valence-electron chi connectivity index (χ2n) is 5.71. The van der Waals surface area contributed by atoms with E-state index in [-0.39, 0.29) is 11.9 Å². The minimum atomic E-state index is -0.324. The Morgan fingerprint density at radius 3 is 3.33 bits per heavy atom. The minimum Gasteiger partial charge on any atom is -0.373 e. The van der Waals surface area contributed by atoms with Crippen LogP contribution in [-0.2, 0) is 4.74 Å². The predicted molar refractivity (Wildman–Crippen MR) is 75.8 cm³/mol. The van der Waals surface area contributed by atoms with Gasteiger partial charge in [0.2, 0.25) is 5.95 Å². The zero-order valence-electron chi connectivity index (χ0n) is 11.7. The summed E-state index contributed by atoms with van der Waals surface area (Å²) in [6.07, 6.45) is 4.00. The van der Waals surface area contributed by atoms with Crippen molar-refractivity contribution in [2.45, 2.75) is 25.0 Å². The molecule has 2 fully saturated rings. The molecule has 2 atom stereocenters. The second-order valence-corrected chi connectivity index (χ2v) is 5.71. The van der Waals surface area contributed by atoms with Gasteiger partial charge in [-0.3, -0.25) is 4.90 Å². The van der Waals surface area contributed by atoms with Gasteiger partial charge in [-0.25, -0.2) is 8.91 Å². The molecule has 2 aromatic heterocycles. The Morgan fingerprint density at radius 1 is 1.43 bits per heavy atom. The minimum absolute atomic E-state index is 0.155. The number of morpholine rings is 1. The topological polar surface area (TPSA) is 54.7 Å². The zero-order valence-corrected chi connectivity index (χ0v) is 11.7. The third kappa shape index (κ3) is 2.58. The Labute approximate surface area is 121 Å². The van der Waals surface area contributed by atoms with Crippen LogP contribution in [0.25, 0.3) is 5.65 Å². The van der Waals surface area contributed by atoms with Gasteiger partial charge in [-0.1, -0.05) is 0 Å². The first kappa shape index (κ1) is 13.0. The molecular formula is C14H18FN5O. The molecule has 4 heterocycles. The van der Waals surface area contributed by atoms with Gasteiger partial charge in [0, 0.05) is 19.1 Å². The molecule has 7 heteroatoms. The Hall–Kier alpha value is -1.73. The number of hydrogen-bond acceptors (Lipinski definition) is 5. The molecule has 2 aromatic rings. The molecule has 21 heavy (non-hydrogen) atoms. The monoisotopic (exact) mass is 291 g/mol. The van der Waals surface area contributed by atoms with Crippen LogP contribution in [0.1, 0.15) is 12.8 Å². The van der Waals surface area contributed by atoms with E-state index in [2.05, 4.69) is 20.3 Å². The molecule has 112 valence electrons. The fourth-order valence-electron chi connectivity index (χ4n) is 3.15. The molecule has 0 radical (unpaired) electrons. The fraction of sp³-hybridized carbons (Fsp3) is 0.571. The third-order valence-corrected chi connectivity index (χ3v) is 4.24. The molecule has 0 aromatic carbocycles. The van der Waals surface area contributed by atoms with E-state index >= 15 is 0 Å². The number of pyridine rings is 1. The number of fused-ring (bicyclic) bond motifs is 2. The fourth-order valence-corrected chi connectivity index (χ4v) is 3.15. The van der Waals surface area contributed by atoms with Gasteiger partial charge >= 0.3 is 0 Å². The number of rotatable bonds is 3. The first-order valence-electron chi connectivity index (χ1n) is 7.39. The average molecular weight is 291 g/mol. The molecule has 2 aliphatic heterocycles. The van der Waals surface area contributed by atoms with E-state index < -0.39 is 0 Å². The number of nitrogens with one attached hydrogen (secondary N) is 1. The SMILES string of the molecule is Fc1ccc2nc(NCC3CN4CCCC4CO3)nn2c1. The molecular weight excluding hydrogens is 273 g/mol.